The predicted molar refractivity (Wildman–Crippen MR) is 76.5 cm³/mol. The van der Waals surface area contributed by atoms with E-state index in [-0.39, 0.29) is 17.6 Å². The first-order valence-corrected chi connectivity index (χ1v) is 8.49. The largest absolute Gasteiger partial charge is 0.488 e. The Balaban J connectivity index is 1.75. The van der Waals surface area contributed by atoms with E-state index in [2.05, 4.69) is 18.3 Å². The molecule has 1 aliphatic heterocycles. The van der Waals surface area contributed by atoms with E-state index in [4.69, 9.17) is 4.74 Å². The average Bonchev–Trinajstić information content (AvgIpc) is 2.76. The Kier molecular flexibility index (Phi) is 4.47. The van der Waals surface area contributed by atoms with E-state index in [0.717, 1.165) is 12.2 Å². The Morgan fingerprint density at radius 1 is 1.42 bits per heavy atom. The molecule has 0 radical (unpaired) electrons. The van der Waals surface area contributed by atoms with Gasteiger partial charge in [0.05, 0.1) is 5.75 Å². The highest BCUT2D eigenvalue weighted by atomic mass is 32.2. The van der Waals surface area contributed by atoms with Gasteiger partial charge in [-0.2, -0.15) is 0 Å². The molecule has 1 aliphatic rings. The van der Waals surface area contributed by atoms with Crippen molar-refractivity contribution in [3.8, 4) is 5.75 Å². The summed E-state index contributed by atoms with van der Waals surface area (Å²) in [6.07, 6.45) is 1.01. The third-order valence-electron chi connectivity index (χ3n) is 3.36. The number of sulfone groups is 1. The monoisotopic (exact) mass is 283 g/mol. The van der Waals surface area contributed by atoms with Crippen LogP contribution in [-0.2, 0) is 16.3 Å². The summed E-state index contributed by atoms with van der Waals surface area (Å²) in [6.45, 7) is 4.92. The molecule has 0 aromatic heterocycles. The van der Waals surface area contributed by atoms with Crippen molar-refractivity contribution in [2.24, 2.45) is 0 Å². The topological polar surface area (TPSA) is 55.4 Å². The molecule has 5 heteroatoms. The van der Waals surface area contributed by atoms with Crippen molar-refractivity contribution in [2.75, 3.05) is 24.6 Å². The van der Waals surface area contributed by atoms with Crippen LogP contribution >= 0.6 is 0 Å². The molecule has 19 heavy (non-hydrogen) atoms. The Bertz CT molecular complexity index is 540. The third kappa shape index (κ3) is 3.94. The normalized spacial score (nSPS) is 18.1. The van der Waals surface area contributed by atoms with Gasteiger partial charge in [0, 0.05) is 25.3 Å². The maximum Gasteiger partial charge on any atom is 0.151 e. The number of aryl methyl sites for hydroxylation is 1. The number of benzene rings is 1. The Morgan fingerprint density at radius 2 is 2.21 bits per heavy atom. The number of rotatable bonds is 6. The number of hydrogen-bond acceptors (Lipinski definition) is 4. The molecule has 1 atom stereocenters. The molecule has 1 aromatic rings. The molecular formula is C14H21NO3S. The van der Waals surface area contributed by atoms with Gasteiger partial charge in [-0.25, -0.2) is 8.42 Å². The van der Waals surface area contributed by atoms with Crippen molar-refractivity contribution in [3.63, 3.8) is 0 Å². The molecule has 106 valence electrons. The van der Waals surface area contributed by atoms with Gasteiger partial charge in [-0.05, 0) is 18.6 Å². The molecule has 0 saturated carbocycles. The van der Waals surface area contributed by atoms with Gasteiger partial charge < -0.3 is 10.1 Å². The predicted octanol–water partition coefficient (Wildman–Crippen LogP) is 1.32. The molecule has 0 saturated heterocycles. The van der Waals surface area contributed by atoms with E-state index in [1.54, 1.807) is 6.92 Å². The van der Waals surface area contributed by atoms with E-state index in [1.807, 2.05) is 12.1 Å². The van der Waals surface area contributed by atoms with Crippen molar-refractivity contribution < 1.29 is 13.2 Å². The van der Waals surface area contributed by atoms with Crippen molar-refractivity contribution in [2.45, 2.75) is 26.4 Å². The van der Waals surface area contributed by atoms with E-state index in [9.17, 15) is 8.42 Å². The fourth-order valence-corrected chi connectivity index (χ4v) is 2.94. The highest BCUT2D eigenvalue weighted by molar-refractivity contribution is 7.91. The summed E-state index contributed by atoms with van der Waals surface area (Å²) < 4.78 is 28.5. The number of ether oxygens (including phenoxy) is 1. The average molecular weight is 283 g/mol. The second kappa shape index (κ2) is 5.92. The van der Waals surface area contributed by atoms with Gasteiger partial charge in [-0.15, -0.1) is 0 Å². The molecule has 0 amide bonds. The molecule has 0 fully saturated rings. The summed E-state index contributed by atoms with van der Waals surface area (Å²) in [7, 11) is -2.88. The first kappa shape index (κ1) is 14.3. The van der Waals surface area contributed by atoms with Crippen LogP contribution in [0.4, 0.5) is 0 Å². The number of nitrogens with one attached hydrogen (secondary N) is 1. The third-order valence-corrected chi connectivity index (χ3v) is 5.06. The molecule has 1 heterocycles. The summed E-state index contributed by atoms with van der Waals surface area (Å²) in [5, 5.41) is 3.16. The second-order valence-electron chi connectivity index (χ2n) is 5.00. The SMILES string of the molecule is CCS(=O)(=O)CCNCC1Cc2cc(C)ccc2O1. The van der Waals surface area contributed by atoms with Gasteiger partial charge >= 0.3 is 0 Å². The highest BCUT2D eigenvalue weighted by Gasteiger charge is 2.22. The Morgan fingerprint density at radius 3 is 2.95 bits per heavy atom. The zero-order chi connectivity index (χ0) is 13.9. The van der Waals surface area contributed by atoms with Gasteiger partial charge in [-0.1, -0.05) is 24.6 Å². The molecule has 0 bridgehead atoms. The summed E-state index contributed by atoms with van der Waals surface area (Å²) in [6, 6.07) is 6.20. The molecule has 0 spiro atoms. The standard InChI is InChI=1S/C14H21NO3S/c1-3-19(16,17)7-6-15-10-13-9-12-8-11(2)4-5-14(12)18-13/h4-5,8,13,15H,3,6-7,9-10H2,1-2H3. The molecule has 1 unspecified atom stereocenters. The molecule has 2 rings (SSSR count). The summed E-state index contributed by atoms with van der Waals surface area (Å²) in [4.78, 5) is 0. The second-order valence-corrected chi connectivity index (χ2v) is 7.47. The van der Waals surface area contributed by atoms with Crippen LogP contribution < -0.4 is 10.1 Å². The number of fused-ring (bicyclic) bond motifs is 1. The lowest BCUT2D eigenvalue weighted by molar-refractivity contribution is 0.229. The molecule has 1 N–H and O–H groups in total. The smallest absolute Gasteiger partial charge is 0.151 e. The maximum atomic E-state index is 11.3. The van der Waals surface area contributed by atoms with Crippen LogP contribution in [0.1, 0.15) is 18.1 Å². The minimum absolute atomic E-state index is 0.112. The summed E-state index contributed by atoms with van der Waals surface area (Å²) >= 11 is 0. The highest BCUT2D eigenvalue weighted by Crippen LogP contribution is 2.29. The van der Waals surface area contributed by atoms with E-state index >= 15 is 0 Å². The maximum absolute atomic E-state index is 11.3. The first-order chi connectivity index (χ1) is 9.00. The lowest BCUT2D eigenvalue weighted by atomic mass is 10.1. The fraction of sp³-hybridized carbons (Fsp3) is 0.571. The molecular weight excluding hydrogens is 262 g/mol. The lowest BCUT2D eigenvalue weighted by Gasteiger charge is -2.11. The van der Waals surface area contributed by atoms with Gasteiger partial charge in [0.2, 0.25) is 0 Å². The van der Waals surface area contributed by atoms with E-state index in [1.165, 1.54) is 11.1 Å². The van der Waals surface area contributed by atoms with E-state index < -0.39 is 9.84 Å². The van der Waals surface area contributed by atoms with Gasteiger partial charge in [0.25, 0.3) is 0 Å². The van der Waals surface area contributed by atoms with Gasteiger partial charge in [0.1, 0.15) is 11.9 Å². The van der Waals surface area contributed by atoms with Crippen LogP contribution in [0.15, 0.2) is 18.2 Å². The van der Waals surface area contributed by atoms with Gasteiger partial charge in [-0.3, -0.25) is 0 Å². The van der Waals surface area contributed by atoms with Crippen LogP contribution in [0, 0.1) is 6.92 Å². The van der Waals surface area contributed by atoms with Crippen LogP contribution in [0.25, 0.3) is 0 Å². The van der Waals surface area contributed by atoms with Crippen molar-refractivity contribution >= 4 is 9.84 Å². The molecule has 0 aliphatic carbocycles. The van der Waals surface area contributed by atoms with Crippen molar-refractivity contribution in [1.82, 2.24) is 5.32 Å². The van der Waals surface area contributed by atoms with Gasteiger partial charge in [0.15, 0.2) is 9.84 Å². The number of hydrogen-bond donors (Lipinski definition) is 1. The van der Waals surface area contributed by atoms with E-state index in [0.29, 0.717) is 13.1 Å². The Labute approximate surface area is 115 Å². The van der Waals surface area contributed by atoms with Crippen LogP contribution in [0.3, 0.4) is 0 Å². The minimum Gasteiger partial charge on any atom is -0.488 e. The summed E-state index contributed by atoms with van der Waals surface area (Å²) in [5.74, 6) is 1.36. The zero-order valence-corrected chi connectivity index (χ0v) is 12.3. The Hall–Kier alpha value is -1.07. The van der Waals surface area contributed by atoms with Crippen molar-refractivity contribution in [3.05, 3.63) is 29.3 Å². The van der Waals surface area contributed by atoms with Crippen LogP contribution in [-0.4, -0.2) is 39.1 Å². The molecule has 1 aromatic carbocycles. The first-order valence-electron chi connectivity index (χ1n) is 6.67. The van der Waals surface area contributed by atoms with Crippen LogP contribution in [0.2, 0.25) is 0 Å². The molecule has 4 nitrogen and oxygen atoms in total. The van der Waals surface area contributed by atoms with Crippen molar-refractivity contribution in [1.29, 1.82) is 0 Å². The summed E-state index contributed by atoms with van der Waals surface area (Å²) in [5.41, 5.74) is 2.48. The fourth-order valence-electron chi connectivity index (χ4n) is 2.20. The zero-order valence-electron chi connectivity index (χ0n) is 11.5. The quantitative estimate of drug-likeness (QED) is 0.800. The minimum atomic E-state index is -2.88. The van der Waals surface area contributed by atoms with Crippen LogP contribution in [0.5, 0.6) is 5.75 Å². The lowest BCUT2D eigenvalue weighted by Crippen LogP contribution is -2.33.